The number of carbonyl (C=O) groups is 1. The molecule has 1 aliphatic heterocycles. The number of hydrogen-bond donors (Lipinski definition) is 1. The summed E-state index contributed by atoms with van der Waals surface area (Å²) < 4.78 is 1.84. The van der Waals surface area contributed by atoms with Crippen LogP contribution in [-0.4, -0.2) is 45.9 Å². The molecule has 1 saturated heterocycles. The van der Waals surface area contributed by atoms with Crippen LogP contribution >= 0.6 is 11.6 Å². The summed E-state index contributed by atoms with van der Waals surface area (Å²) in [7, 11) is 2.19. The summed E-state index contributed by atoms with van der Waals surface area (Å²) in [6, 6.07) is 5.37. The second kappa shape index (κ2) is 10.8. The van der Waals surface area contributed by atoms with Crippen LogP contribution in [0.5, 0.6) is 0 Å². The first-order valence-corrected chi connectivity index (χ1v) is 9.98. The van der Waals surface area contributed by atoms with E-state index in [0.29, 0.717) is 10.6 Å². The van der Waals surface area contributed by atoms with Gasteiger partial charge in [0.05, 0.1) is 16.9 Å². The maximum absolute atomic E-state index is 10.7. The number of carbonyl (C=O) groups excluding carboxylic acids is 1. The van der Waals surface area contributed by atoms with E-state index in [-0.39, 0.29) is 5.82 Å². The molecular weight excluding hydrogens is 374 g/mol. The van der Waals surface area contributed by atoms with Crippen molar-refractivity contribution in [2.45, 2.75) is 33.1 Å². The van der Waals surface area contributed by atoms with Crippen LogP contribution in [0.3, 0.4) is 0 Å². The average Bonchev–Trinajstić information content (AvgIpc) is 3.16. The van der Waals surface area contributed by atoms with E-state index in [1.54, 1.807) is 18.3 Å². The highest BCUT2D eigenvalue weighted by Gasteiger charge is 2.07. The van der Waals surface area contributed by atoms with Crippen LogP contribution in [0.15, 0.2) is 36.8 Å². The Hall–Kier alpha value is -2.44. The van der Waals surface area contributed by atoms with Gasteiger partial charge in [0.1, 0.15) is 11.5 Å². The molecule has 0 radical (unpaired) electrons. The Labute approximate surface area is 171 Å². The topological polar surface area (TPSA) is 77.0 Å². The molecule has 0 aromatic carbocycles. The smallest absolute Gasteiger partial charge is 0.151 e. The van der Waals surface area contributed by atoms with Crippen LogP contribution in [-0.2, 0) is 0 Å². The maximum Gasteiger partial charge on any atom is 0.151 e. The Morgan fingerprint density at radius 3 is 2.39 bits per heavy atom. The minimum atomic E-state index is 0.290. The van der Waals surface area contributed by atoms with Crippen molar-refractivity contribution in [2.75, 3.05) is 25.9 Å². The summed E-state index contributed by atoms with van der Waals surface area (Å²) in [5.41, 5.74) is 7.62. The standard InChI is InChI=1S/C13H9ClN4O.C6H13N.C2H6/c14-11-4-10(6-16-12(11)15)18-2-1-9-3-8(7-19)5-17-13(9)18;1-7-5-3-2-4-6-7;1-2/h1-7H,(H2,15,16);2-6H2,1H3;1-2H3. The van der Waals surface area contributed by atoms with E-state index in [9.17, 15) is 4.79 Å². The summed E-state index contributed by atoms with van der Waals surface area (Å²) in [4.78, 5) is 21.4. The highest BCUT2D eigenvalue weighted by atomic mass is 35.5. The fraction of sp³-hybridized carbons (Fsp3) is 0.381. The first-order valence-electron chi connectivity index (χ1n) is 9.60. The van der Waals surface area contributed by atoms with Gasteiger partial charge in [-0.15, -0.1) is 0 Å². The van der Waals surface area contributed by atoms with Crippen LogP contribution in [0.25, 0.3) is 16.7 Å². The normalized spacial score (nSPS) is 13.9. The van der Waals surface area contributed by atoms with Crippen molar-refractivity contribution in [3.63, 3.8) is 0 Å². The van der Waals surface area contributed by atoms with Gasteiger partial charge in [-0.1, -0.05) is 31.9 Å². The molecule has 2 N–H and O–H groups in total. The number of rotatable bonds is 2. The Morgan fingerprint density at radius 1 is 1.11 bits per heavy atom. The van der Waals surface area contributed by atoms with E-state index in [1.165, 1.54) is 38.5 Å². The molecule has 0 saturated carbocycles. The maximum atomic E-state index is 10.7. The van der Waals surface area contributed by atoms with Crippen LogP contribution in [0, 0.1) is 0 Å². The zero-order valence-corrected chi connectivity index (χ0v) is 17.5. The number of aromatic nitrogens is 3. The number of nitrogen functional groups attached to an aromatic ring is 1. The Kier molecular flexibility index (Phi) is 8.42. The number of pyridine rings is 2. The second-order valence-electron chi connectivity index (χ2n) is 6.41. The molecule has 0 bridgehead atoms. The number of nitrogens with zero attached hydrogens (tertiary/aromatic N) is 4. The molecule has 0 atom stereocenters. The lowest BCUT2D eigenvalue weighted by molar-refractivity contribution is 0.112. The molecule has 0 aliphatic carbocycles. The van der Waals surface area contributed by atoms with Crippen molar-refractivity contribution in [1.29, 1.82) is 0 Å². The fourth-order valence-electron chi connectivity index (χ4n) is 2.94. The number of likely N-dealkylation sites (tertiary alicyclic amines) is 1. The van der Waals surface area contributed by atoms with Gasteiger partial charge >= 0.3 is 0 Å². The lowest BCUT2D eigenvalue weighted by Gasteiger charge is -2.20. The van der Waals surface area contributed by atoms with Crippen molar-refractivity contribution in [2.24, 2.45) is 0 Å². The highest BCUT2D eigenvalue weighted by Crippen LogP contribution is 2.23. The molecule has 0 amide bonds. The van der Waals surface area contributed by atoms with E-state index in [1.807, 2.05) is 30.7 Å². The van der Waals surface area contributed by atoms with Crippen molar-refractivity contribution in [1.82, 2.24) is 19.4 Å². The molecule has 0 spiro atoms. The van der Waals surface area contributed by atoms with E-state index >= 15 is 0 Å². The molecule has 6 nitrogen and oxygen atoms in total. The van der Waals surface area contributed by atoms with Gasteiger partial charge in [0.25, 0.3) is 0 Å². The van der Waals surface area contributed by atoms with Gasteiger partial charge in [-0.2, -0.15) is 0 Å². The van der Waals surface area contributed by atoms with Crippen molar-refractivity contribution in [3.05, 3.63) is 47.4 Å². The van der Waals surface area contributed by atoms with Crippen LogP contribution in [0.2, 0.25) is 5.02 Å². The fourth-order valence-corrected chi connectivity index (χ4v) is 3.10. The number of halogens is 1. The van der Waals surface area contributed by atoms with Gasteiger partial charge in [0, 0.05) is 23.3 Å². The van der Waals surface area contributed by atoms with E-state index in [0.717, 1.165) is 23.0 Å². The lowest BCUT2D eigenvalue weighted by Crippen LogP contribution is -2.24. The van der Waals surface area contributed by atoms with E-state index in [4.69, 9.17) is 17.3 Å². The first kappa shape index (κ1) is 21.9. The van der Waals surface area contributed by atoms with Gasteiger partial charge in [-0.25, -0.2) is 9.97 Å². The lowest BCUT2D eigenvalue weighted by atomic mass is 10.1. The molecular formula is C21H28ClN5O. The summed E-state index contributed by atoms with van der Waals surface area (Å²) in [5.74, 6) is 0.290. The third-order valence-corrected chi connectivity index (χ3v) is 4.70. The molecule has 1 aliphatic rings. The zero-order valence-electron chi connectivity index (χ0n) is 16.7. The average molecular weight is 402 g/mol. The molecule has 4 heterocycles. The van der Waals surface area contributed by atoms with Crippen LogP contribution < -0.4 is 5.73 Å². The molecule has 3 aromatic heterocycles. The predicted octanol–water partition coefficient (Wildman–Crippen LogP) is 4.60. The van der Waals surface area contributed by atoms with Gasteiger partial charge in [0.2, 0.25) is 0 Å². The molecule has 28 heavy (non-hydrogen) atoms. The molecule has 4 rings (SSSR count). The highest BCUT2D eigenvalue weighted by molar-refractivity contribution is 6.32. The van der Waals surface area contributed by atoms with Gasteiger partial charge in [-0.05, 0) is 51.2 Å². The molecule has 3 aromatic rings. The van der Waals surface area contributed by atoms with Crippen molar-refractivity contribution >= 4 is 34.7 Å². The Bertz CT molecular complexity index is 903. The third kappa shape index (κ3) is 5.53. The zero-order chi connectivity index (χ0) is 20.5. The van der Waals surface area contributed by atoms with Crippen LogP contribution in [0.1, 0.15) is 43.5 Å². The molecule has 150 valence electrons. The quantitative estimate of drug-likeness (QED) is 0.635. The van der Waals surface area contributed by atoms with Gasteiger partial charge < -0.3 is 10.6 Å². The number of piperidine rings is 1. The number of aldehydes is 1. The Balaban J connectivity index is 0.000000261. The minimum absolute atomic E-state index is 0.290. The summed E-state index contributed by atoms with van der Waals surface area (Å²) in [6.07, 6.45) is 10.0. The van der Waals surface area contributed by atoms with Crippen molar-refractivity contribution < 1.29 is 4.79 Å². The second-order valence-corrected chi connectivity index (χ2v) is 6.82. The van der Waals surface area contributed by atoms with Crippen molar-refractivity contribution in [3.8, 4) is 5.69 Å². The van der Waals surface area contributed by atoms with E-state index in [2.05, 4.69) is 21.9 Å². The number of hydrogen-bond acceptors (Lipinski definition) is 5. The van der Waals surface area contributed by atoms with Crippen LogP contribution in [0.4, 0.5) is 5.82 Å². The van der Waals surface area contributed by atoms with Gasteiger partial charge in [0.15, 0.2) is 6.29 Å². The minimum Gasteiger partial charge on any atom is -0.382 e. The SMILES string of the molecule is CC.CN1CCCCC1.Nc1ncc(-n2ccc3cc(C=O)cnc32)cc1Cl. The molecule has 0 unspecified atom stereocenters. The summed E-state index contributed by atoms with van der Waals surface area (Å²) in [5, 5.41) is 1.27. The molecule has 1 fully saturated rings. The predicted molar refractivity (Wildman–Crippen MR) is 116 cm³/mol. The first-order chi connectivity index (χ1) is 13.6. The number of nitrogens with two attached hydrogens (primary N) is 1. The largest absolute Gasteiger partial charge is 0.382 e. The molecule has 7 heteroatoms. The van der Waals surface area contributed by atoms with E-state index < -0.39 is 0 Å². The number of fused-ring (bicyclic) bond motifs is 1. The summed E-state index contributed by atoms with van der Waals surface area (Å²) >= 11 is 5.96. The monoisotopic (exact) mass is 401 g/mol. The third-order valence-electron chi connectivity index (χ3n) is 4.40. The van der Waals surface area contributed by atoms with Gasteiger partial charge in [-0.3, -0.25) is 9.36 Å². The number of anilines is 1. The summed E-state index contributed by atoms with van der Waals surface area (Å²) in [6.45, 7) is 6.64. The Morgan fingerprint density at radius 2 is 1.82 bits per heavy atom.